The monoisotopic (exact) mass is 263 g/mol. The van der Waals surface area contributed by atoms with Crippen LogP contribution < -0.4 is 15.4 Å². The van der Waals surface area contributed by atoms with Crippen LogP contribution >= 0.6 is 11.3 Å². The van der Waals surface area contributed by atoms with Gasteiger partial charge in [-0.05, 0) is 11.6 Å². The Morgan fingerprint density at radius 1 is 1.44 bits per heavy atom. The van der Waals surface area contributed by atoms with Crippen LogP contribution in [0.25, 0.3) is 0 Å². The zero-order valence-electron chi connectivity index (χ0n) is 10.6. The van der Waals surface area contributed by atoms with Crippen molar-refractivity contribution in [2.24, 2.45) is 5.73 Å². The summed E-state index contributed by atoms with van der Waals surface area (Å²) in [4.78, 5) is 6.43. The molecule has 0 spiro atoms. The molecule has 96 valence electrons. The highest BCUT2D eigenvalue weighted by Crippen LogP contribution is 2.26. The molecule has 1 aromatic heterocycles. The second-order valence-corrected chi connectivity index (χ2v) is 4.75. The molecule has 2 aromatic rings. The largest absolute Gasteiger partial charge is 0.497 e. The normalized spacial score (nSPS) is 10.4. The van der Waals surface area contributed by atoms with E-state index in [0.29, 0.717) is 6.54 Å². The number of rotatable bonds is 5. The Kier molecular flexibility index (Phi) is 4.17. The van der Waals surface area contributed by atoms with Crippen molar-refractivity contribution in [1.82, 2.24) is 4.98 Å². The summed E-state index contributed by atoms with van der Waals surface area (Å²) in [5.74, 6) is 0.840. The number of benzene rings is 1. The molecular weight excluding hydrogens is 246 g/mol. The van der Waals surface area contributed by atoms with Crippen LogP contribution in [0.3, 0.4) is 0 Å². The Labute approximate surface area is 111 Å². The van der Waals surface area contributed by atoms with Gasteiger partial charge in [-0.2, -0.15) is 0 Å². The second-order valence-electron chi connectivity index (χ2n) is 4.03. The van der Waals surface area contributed by atoms with Gasteiger partial charge in [0.25, 0.3) is 0 Å². The SMILES string of the molecule is COc1ccc(CN)c(N(C)Cc2cscn2)c1. The molecule has 5 heteroatoms. The summed E-state index contributed by atoms with van der Waals surface area (Å²) < 4.78 is 5.26. The minimum absolute atomic E-state index is 0.515. The van der Waals surface area contributed by atoms with Gasteiger partial charge < -0.3 is 15.4 Å². The van der Waals surface area contributed by atoms with E-state index in [1.165, 1.54) is 0 Å². The van der Waals surface area contributed by atoms with Crippen molar-refractivity contribution < 1.29 is 4.74 Å². The van der Waals surface area contributed by atoms with E-state index in [-0.39, 0.29) is 0 Å². The Balaban J connectivity index is 2.24. The van der Waals surface area contributed by atoms with Gasteiger partial charge in [0.1, 0.15) is 5.75 Å². The molecule has 0 fully saturated rings. The number of thiazole rings is 1. The predicted octanol–water partition coefficient (Wildman–Crippen LogP) is 2.25. The Morgan fingerprint density at radius 2 is 2.28 bits per heavy atom. The molecule has 0 amide bonds. The van der Waals surface area contributed by atoms with E-state index in [1.54, 1.807) is 18.4 Å². The summed E-state index contributed by atoms with van der Waals surface area (Å²) in [5, 5.41) is 2.05. The number of anilines is 1. The van der Waals surface area contributed by atoms with E-state index in [4.69, 9.17) is 10.5 Å². The lowest BCUT2D eigenvalue weighted by molar-refractivity contribution is 0.414. The molecule has 1 aromatic carbocycles. The highest BCUT2D eigenvalue weighted by atomic mass is 32.1. The Hall–Kier alpha value is -1.59. The molecular formula is C13H17N3OS. The van der Waals surface area contributed by atoms with Crippen LogP contribution in [-0.2, 0) is 13.1 Å². The van der Waals surface area contributed by atoms with Crippen LogP contribution in [0.2, 0.25) is 0 Å². The number of hydrogen-bond acceptors (Lipinski definition) is 5. The first-order valence-corrected chi connectivity index (χ1v) is 6.64. The van der Waals surface area contributed by atoms with Crippen molar-refractivity contribution in [2.45, 2.75) is 13.1 Å². The van der Waals surface area contributed by atoms with E-state index in [2.05, 4.69) is 15.3 Å². The van der Waals surface area contributed by atoms with Crippen LogP contribution in [0.1, 0.15) is 11.3 Å². The topological polar surface area (TPSA) is 51.4 Å². The molecule has 4 nitrogen and oxygen atoms in total. The number of hydrogen-bond donors (Lipinski definition) is 1. The van der Waals surface area contributed by atoms with Gasteiger partial charge in [-0.1, -0.05) is 6.07 Å². The summed E-state index contributed by atoms with van der Waals surface area (Å²) >= 11 is 1.61. The third kappa shape index (κ3) is 2.80. The number of nitrogens with zero attached hydrogens (tertiary/aromatic N) is 2. The third-order valence-corrected chi connectivity index (χ3v) is 3.44. The molecule has 0 bridgehead atoms. The standard InChI is InChI=1S/C13H17N3OS/c1-16(7-11-8-18-9-15-11)13-5-12(17-2)4-3-10(13)6-14/h3-5,8-9H,6-7,14H2,1-2H3. The van der Waals surface area contributed by atoms with Crippen LogP contribution in [0.4, 0.5) is 5.69 Å². The molecule has 1 heterocycles. The van der Waals surface area contributed by atoms with Gasteiger partial charge in [0.2, 0.25) is 0 Å². The summed E-state index contributed by atoms with van der Waals surface area (Å²) in [7, 11) is 3.70. The predicted molar refractivity (Wildman–Crippen MR) is 75.1 cm³/mol. The summed E-state index contributed by atoms with van der Waals surface area (Å²) in [6, 6.07) is 5.95. The lowest BCUT2D eigenvalue weighted by atomic mass is 10.1. The smallest absolute Gasteiger partial charge is 0.120 e. The number of methoxy groups -OCH3 is 1. The highest BCUT2D eigenvalue weighted by Gasteiger charge is 2.09. The summed E-state index contributed by atoms with van der Waals surface area (Å²) in [6.45, 7) is 1.28. The van der Waals surface area contributed by atoms with Crippen LogP contribution in [-0.4, -0.2) is 19.1 Å². The molecule has 0 saturated heterocycles. The molecule has 0 saturated carbocycles. The van der Waals surface area contributed by atoms with E-state index >= 15 is 0 Å². The zero-order valence-corrected chi connectivity index (χ0v) is 11.4. The first-order valence-electron chi connectivity index (χ1n) is 5.69. The minimum Gasteiger partial charge on any atom is -0.497 e. The zero-order chi connectivity index (χ0) is 13.0. The Bertz CT molecular complexity index is 499. The van der Waals surface area contributed by atoms with E-state index in [0.717, 1.165) is 29.2 Å². The van der Waals surface area contributed by atoms with Gasteiger partial charge in [0.15, 0.2) is 0 Å². The molecule has 0 aliphatic heterocycles. The van der Waals surface area contributed by atoms with Crippen molar-refractivity contribution in [3.8, 4) is 5.75 Å². The van der Waals surface area contributed by atoms with E-state index in [1.807, 2.05) is 30.8 Å². The van der Waals surface area contributed by atoms with Crippen molar-refractivity contribution in [2.75, 3.05) is 19.1 Å². The minimum atomic E-state index is 0.515. The first-order chi connectivity index (χ1) is 8.74. The summed E-state index contributed by atoms with van der Waals surface area (Å²) in [5.41, 5.74) is 10.9. The number of ether oxygens (including phenoxy) is 1. The molecule has 0 aliphatic carbocycles. The van der Waals surface area contributed by atoms with Crippen molar-refractivity contribution >= 4 is 17.0 Å². The van der Waals surface area contributed by atoms with Gasteiger partial charge in [-0.15, -0.1) is 11.3 Å². The van der Waals surface area contributed by atoms with Crippen molar-refractivity contribution in [1.29, 1.82) is 0 Å². The van der Waals surface area contributed by atoms with Gasteiger partial charge in [-0.3, -0.25) is 0 Å². The molecule has 2 rings (SSSR count). The van der Waals surface area contributed by atoms with Gasteiger partial charge in [-0.25, -0.2) is 4.98 Å². The van der Waals surface area contributed by atoms with Gasteiger partial charge in [0, 0.05) is 30.7 Å². The number of aromatic nitrogens is 1. The second kappa shape index (κ2) is 5.84. The molecule has 0 unspecified atom stereocenters. The Morgan fingerprint density at radius 3 is 2.89 bits per heavy atom. The van der Waals surface area contributed by atoms with Gasteiger partial charge >= 0.3 is 0 Å². The maximum absolute atomic E-state index is 5.77. The van der Waals surface area contributed by atoms with Crippen molar-refractivity contribution in [3.05, 3.63) is 40.3 Å². The average molecular weight is 263 g/mol. The number of nitrogens with two attached hydrogens (primary N) is 1. The molecule has 2 N–H and O–H groups in total. The van der Waals surface area contributed by atoms with Crippen LogP contribution in [0.15, 0.2) is 29.1 Å². The molecule has 0 atom stereocenters. The van der Waals surface area contributed by atoms with Crippen LogP contribution in [0, 0.1) is 0 Å². The first kappa shape index (κ1) is 12.9. The van der Waals surface area contributed by atoms with E-state index in [9.17, 15) is 0 Å². The summed E-state index contributed by atoms with van der Waals surface area (Å²) in [6.07, 6.45) is 0. The van der Waals surface area contributed by atoms with E-state index < -0.39 is 0 Å². The fraction of sp³-hybridized carbons (Fsp3) is 0.308. The third-order valence-electron chi connectivity index (χ3n) is 2.81. The molecule has 0 radical (unpaired) electrons. The van der Waals surface area contributed by atoms with Crippen molar-refractivity contribution in [3.63, 3.8) is 0 Å². The quantitative estimate of drug-likeness (QED) is 0.899. The lowest BCUT2D eigenvalue weighted by Gasteiger charge is -2.22. The lowest BCUT2D eigenvalue weighted by Crippen LogP contribution is -2.19. The average Bonchev–Trinajstić information content (AvgIpc) is 2.90. The fourth-order valence-electron chi connectivity index (χ4n) is 1.84. The highest BCUT2D eigenvalue weighted by molar-refractivity contribution is 7.07. The van der Waals surface area contributed by atoms with Crippen LogP contribution in [0.5, 0.6) is 5.75 Å². The maximum Gasteiger partial charge on any atom is 0.120 e. The molecule has 0 aliphatic rings. The maximum atomic E-state index is 5.77. The van der Waals surface area contributed by atoms with Gasteiger partial charge in [0.05, 0.1) is 24.9 Å². The fourth-order valence-corrected chi connectivity index (χ4v) is 2.39. The molecule has 18 heavy (non-hydrogen) atoms.